The van der Waals surface area contributed by atoms with Crippen LogP contribution in [0, 0.1) is 19.8 Å². The molecule has 0 amide bonds. The second kappa shape index (κ2) is 12.4. The first-order valence-electron chi connectivity index (χ1n) is 11.5. The fraction of sp³-hybridized carbons (Fsp3) is 0.462. The summed E-state index contributed by atoms with van der Waals surface area (Å²) < 4.78 is 81.4. The van der Waals surface area contributed by atoms with Gasteiger partial charge in [0.2, 0.25) is 0 Å². The molecule has 0 N–H and O–H groups in total. The fourth-order valence-corrected chi connectivity index (χ4v) is 4.05. The monoisotopic (exact) mass is 517 g/mol. The van der Waals surface area contributed by atoms with Crippen LogP contribution in [0.2, 0.25) is 0 Å². The first kappa shape index (κ1) is 29.4. The fourth-order valence-electron chi connectivity index (χ4n) is 4.05. The van der Waals surface area contributed by atoms with Crippen molar-refractivity contribution >= 4 is 11.8 Å². The molecular formula is C26H29F6NO3. The number of carbonyl (C=O) groups excluding carboxylic acids is 2. The summed E-state index contributed by atoms with van der Waals surface area (Å²) in [6.45, 7) is 5.91. The number of aryl methyl sites for hydroxylation is 2. The van der Waals surface area contributed by atoms with Gasteiger partial charge < -0.3 is 4.74 Å². The lowest BCUT2D eigenvalue weighted by Gasteiger charge is -2.38. The minimum atomic E-state index is -4.78. The lowest BCUT2D eigenvalue weighted by molar-refractivity contribution is -0.190. The number of nitrogens with zero attached hydrogens (tertiary/aromatic N) is 1. The third-order valence-corrected chi connectivity index (χ3v) is 5.72. The van der Waals surface area contributed by atoms with Gasteiger partial charge in [-0.15, -0.1) is 0 Å². The van der Waals surface area contributed by atoms with Gasteiger partial charge in [0.15, 0.2) is 0 Å². The molecular weight excluding hydrogens is 488 g/mol. The Balaban J connectivity index is 0.000000297. The van der Waals surface area contributed by atoms with E-state index >= 15 is 0 Å². The number of carbonyl (C=O) groups is 2. The number of esters is 1. The number of ketones is 1. The highest BCUT2D eigenvalue weighted by atomic mass is 19.4. The zero-order valence-corrected chi connectivity index (χ0v) is 20.2. The number of rotatable bonds is 5. The summed E-state index contributed by atoms with van der Waals surface area (Å²) in [7, 11) is 0. The van der Waals surface area contributed by atoms with Crippen molar-refractivity contribution in [3.63, 3.8) is 0 Å². The summed E-state index contributed by atoms with van der Waals surface area (Å²) in [6.07, 6.45) is -8.33. The van der Waals surface area contributed by atoms with Crippen LogP contribution in [0.4, 0.5) is 26.3 Å². The number of piperidine rings is 1. The average Bonchev–Trinajstić information content (AvgIpc) is 2.78. The van der Waals surface area contributed by atoms with Gasteiger partial charge in [-0.2, -0.15) is 26.3 Å². The van der Waals surface area contributed by atoms with Gasteiger partial charge in [0.1, 0.15) is 6.04 Å². The molecule has 2 aromatic carbocycles. The van der Waals surface area contributed by atoms with Crippen LogP contribution in [0.15, 0.2) is 48.5 Å². The van der Waals surface area contributed by atoms with E-state index in [1.54, 1.807) is 45.0 Å². The maximum atomic E-state index is 13.6. The molecule has 0 saturated carbocycles. The van der Waals surface area contributed by atoms with Crippen LogP contribution in [0.3, 0.4) is 0 Å². The number of halogens is 6. The summed E-state index contributed by atoms with van der Waals surface area (Å²) in [6, 6.07) is 10.3. The van der Waals surface area contributed by atoms with E-state index in [-0.39, 0.29) is 36.1 Å². The van der Waals surface area contributed by atoms with Crippen LogP contribution >= 0.6 is 0 Å². The number of hydrogen-bond donors (Lipinski definition) is 0. The number of alkyl halides is 6. The van der Waals surface area contributed by atoms with Gasteiger partial charge in [-0.25, -0.2) is 0 Å². The number of benzene rings is 2. The topological polar surface area (TPSA) is 46.6 Å². The lowest BCUT2D eigenvalue weighted by atomic mass is 9.93. The van der Waals surface area contributed by atoms with E-state index in [2.05, 4.69) is 0 Å². The number of likely N-dealkylation sites (tertiary alicyclic amines) is 1. The molecule has 1 fully saturated rings. The smallest absolute Gasteiger partial charge is 0.454 e. The third kappa shape index (κ3) is 8.36. The molecule has 4 nitrogen and oxygen atoms in total. The van der Waals surface area contributed by atoms with E-state index in [9.17, 15) is 35.9 Å². The van der Waals surface area contributed by atoms with Gasteiger partial charge in [0.25, 0.3) is 5.78 Å². The van der Waals surface area contributed by atoms with E-state index in [0.717, 1.165) is 11.6 Å². The summed E-state index contributed by atoms with van der Waals surface area (Å²) in [5.41, 5.74) is 1.38. The van der Waals surface area contributed by atoms with Crippen LogP contribution in [-0.2, 0) is 9.53 Å². The Bertz CT molecular complexity index is 1030. The van der Waals surface area contributed by atoms with E-state index in [0.29, 0.717) is 25.0 Å². The van der Waals surface area contributed by atoms with E-state index in [4.69, 9.17) is 4.74 Å². The molecule has 1 atom stereocenters. The molecule has 3 rings (SSSR count). The molecule has 0 bridgehead atoms. The molecule has 0 aliphatic carbocycles. The molecule has 1 unspecified atom stereocenters. The highest BCUT2D eigenvalue weighted by molar-refractivity contribution is 6.00. The van der Waals surface area contributed by atoms with Crippen LogP contribution in [-0.4, -0.2) is 48.7 Å². The van der Waals surface area contributed by atoms with Crippen molar-refractivity contribution in [1.29, 1.82) is 0 Å². The standard InChI is InChI=1S/C17H22F3NO2.C9H7F3O/c1-3-23-16(22)13-7-9-21(10-8-13)15(17(18,19)20)14-6-4-5-12(2)11-14;1-6-3-2-4-7(5-6)8(13)9(10,11)12/h4-6,11,13,15H,3,7-10H2,1-2H3;2-5H,1H3. The van der Waals surface area contributed by atoms with Gasteiger partial charge in [-0.05, 0) is 58.3 Å². The second-order valence-corrected chi connectivity index (χ2v) is 8.62. The molecule has 1 heterocycles. The molecule has 1 aliphatic rings. The zero-order chi connectivity index (χ0) is 27.1. The van der Waals surface area contributed by atoms with Crippen LogP contribution in [0.1, 0.15) is 52.9 Å². The first-order chi connectivity index (χ1) is 16.7. The zero-order valence-electron chi connectivity index (χ0n) is 20.2. The van der Waals surface area contributed by atoms with Crippen molar-refractivity contribution in [1.82, 2.24) is 4.90 Å². The first-order valence-corrected chi connectivity index (χ1v) is 11.5. The van der Waals surface area contributed by atoms with Crippen molar-refractivity contribution in [3.05, 3.63) is 70.8 Å². The number of hydrogen-bond acceptors (Lipinski definition) is 4. The van der Waals surface area contributed by atoms with Crippen LogP contribution in [0.25, 0.3) is 0 Å². The molecule has 0 aromatic heterocycles. The van der Waals surface area contributed by atoms with Crippen molar-refractivity contribution < 1.29 is 40.7 Å². The Kier molecular flexibility index (Phi) is 10.1. The lowest BCUT2D eigenvalue weighted by Crippen LogP contribution is -2.44. The molecule has 0 radical (unpaired) electrons. The van der Waals surface area contributed by atoms with Crippen molar-refractivity contribution in [2.24, 2.45) is 5.92 Å². The predicted octanol–water partition coefficient (Wildman–Crippen LogP) is 6.61. The molecule has 1 saturated heterocycles. The van der Waals surface area contributed by atoms with Crippen molar-refractivity contribution in [2.75, 3.05) is 19.7 Å². The Labute approximate surface area is 206 Å². The van der Waals surface area contributed by atoms with Gasteiger partial charge in [-0.3, -0.25) is 14.5 Å². The van der Waals surface area contributed by atoms with Gasteiger partial charge in [0.05, 0.1) is 12.5 Å². The van der Waals surface area contributed by atoms with E-state index in [1.165, 1.54) is 23.1 Å². The molecule has 36 heavy (non-hydrogen) atoms. The van der Waals surface area contributed by atoms with Gasteiger partial charge >= 0.3 is 18.3 Å². The minimum Gasteiger partial charge on any atom is -0.466 e. The maximum absolute atomic E-state index is 13.6. The number of Topliss-reactive ketones (excluding diaryl/α,β-unsaturated/α-hetero) is 1. The average molecular weight is 518 g/mol. The summed E-state index contributed by atoms with van der Waals surface area (Å²) in [4.78, 5) is 23.8. The maximum Gasteiger partial charge on any atom is 0.454 e. The Hall–Kier alpha value is -2.88. The summed E-state index contributed by atoms with van der Waals surface area (Å²) in [5, 5.41) is 0. The highest BCUT2D eigenvalue weighted by Gasteiger charge is 2.46. The Morgan fingerprint density at radius 2 is 1.50 bits per heavy atom. The van der Waals surface area contributed by atoms with Crippen molar-refractivity contribution in [2.45, 2.75) is 52.0 Å². The quantitative estimate of drug-likeness (QED) is 0.254. The normalized spacial score (nSPS) is 16.0. The van der Waals surface area contributed by atoms with E-state index in [1.807, 2.05) is 0 Å². The second-order valence-electron chi connectivity index (χ2n) is 8.62. The largest absolute Gasteiger partial charge is 0.466 e. The highest BCUT2D eigenvalue weighted by Crippen LogP contribution is 2.40. The molecule has 10 heteroatoms. The minimum absolute atomic E-state index is 0.238. The number of ether oxygens (including phenoxy) is 1. The van der Waals surface area contributed by atoms with Crippen LogP contribution in [0.5, 0.6) is 0 Å². The SMILES string of the molecule is CCOC(=O)C1CCN(C(c2cccc(C)c2)C(F)(F)F)CC1.Cc1cccc(C(=O)C(F)(F)F)c1. The molecule has 198 valence electrons. The molecule has 2 aromatic rings. The Morgan fingerprint density at radius 3 is 1.97 bits per heavy atom. The van der Waals surface area contributed by atoms with Crippen LogP contribution < -0.4 is 0 Å². The molecule has 0 spiro atoms. The summed E-state index contributed by atoms with van der Waals surface area (Å²) in [5.74, 6) is -2.39. The van der Waals surface area contributed by atoms with E-state index < -0.39 is 24.2 Å². The Morgan fingerprint density at radius 1 is 0.944 bits per heavy atom. The van der Waals surface area contributed by atoms with Gasteiger partial charge in [-0.1, -0.05) is 53.6 Å². The predicted molar refractivity (Wildman–Crippen MR) is 122 cm³/mol. The van der Waals surface area contributed by atoms with Gasteiger partial charge in [0, 0.05) is 5.56 Å². The summed E-state index contributed by atoms with van der Waals surface area (Å²) >= 11 is 0. The third-order valence-electron chi connectivity index (χ3n) is 5.72. The van der Waals surface area contributed by atoms with Crippen molar-refractivity contribution in [3.8, 4) is 0 Å². The molecule has 1 aliphatic heterocycles.